The second kappa shape index (κ2) is 12.4. The van der Waals surface area contributed by atoms with Gasteiger partial charge in [0.05, 0.1) is 17.9 Å². The van der Waals surface area contributed by atoms with Crippen molar-refractivity contribution in [2.45, 2.75) is 64.8 Å². The van der Waals surface area contributed by atoms with Gasteiger partial charge in [-0.1, -0.05) is 50.7 Å². The number of aryl methyl sites for hydroxylation is 1. The predicted octanol–water partition coefficient (Wildman–Crippen LogP) is 6.18. The first kappa shape index (κ1) is 28.5. The van der Waals surface area contributed by atoms with Crippen LogP contribution in [-0.2, 0) is 21.5 Å². The molecule has 2 aromatic heterocycles. The third-order valence-corrected chi connectivity index (χ3v) is 7.32. The predicted molar refractivity (Wildman–Crippen MR) is 149 cm³/mol. The molecule has 8 nitrogen and oxygen atoms in total. The molecule has 198 valence electrons. The molecule has 1 N–H and O–H groups in total. The van der Waals surface area contributed by atoms with Crippen molar-refractivity contribution < 1.29 is 19.1 Å². The van der Waals surface area contributed by atoms with Gasteiger partial charge >= 0.3 is 5.97 Å². The monoisotopic (exact) mass is 542 g/mol. The second-order valence-electron chi connectivity index (χ2n) is 9.43. The Morgan fingerprint density at radius 2 is 1.95 bits per heavy atom. The maximum Gasteiger partial charge on any atom is 0.341 e. The lowest BCUT2D eigenvalue weighted by atomic mass is 9.87. The summed E-state index contributed by atoms with van der Waals surface area (Å²) in [5, 5.41) is 12.5. The first-order chi connectivity index (χ1) is 17.5. The van der Waals surface area contributed by atoms with Crippen molar-refractivity contribution in [2.75, 3.05) is 17.7 Å². The minimum Gasteiger partial charge on any atom is -0.483 e. The first-order valence-corrected chi connectivity index (χ1v) is 13.8. The van der Waals surface area contributed by atoms with Crippen molar-refractivity contribution in [1.82, 2.24) is 14.8 Å². The zero-order valence-corrected chi connectivity index (χ0v) is 23.8. The van der Waals surface area contributed by atoms with Crippen LogP contribution in [0.25, 0.3) is 0 Å². The largest absolute Gasteiger partial charge is 0.483 e. The van der Waals surface area contributed by atoms with E-state index in [1.165, 1.54) is 28.7 Å². The maximum absolute atomic E-state index is 12.7. The number of thioether (sulfide) groups is 1. The number of ether oxygens (including phenoxy) is 2. The Balaban J connectivity index is 1.67. The summed E-state index contributed by atoms with van der Waals surface area (Å²) in [5.74, 6) is 0.771. The van der Waals surface area contributed by atoms with Gasteiger partial charge in [-0.15, -0.1) is 28.1 Å². The lowest BCUT2D eigenvalue weighted by Crippen LogP contribution is -2.17. The van der Waals surface area contributed by atoms with Gasteiger partial charge in [0.2, 0.25) is 5.91 Å². The molecule has 1 atom stereocenters. The van der Waals surface area contributed by atoms with Crippen LogP contribution in [0.1, 0.15) is 67.3 Å². The maximum atomic E-state index is 12.7. The fraction of sp³-hybridized carbons (Fsp3) is 0.407. The number of nitrogens with one attached hydrogen (secondary N) is 1. The molecule has 0 radical (unpaired) electrons. The Morgan fingerprint density at radius 3 is 2.57 bits per heavy atom. The fourth-order valence-corrected chi connectivity index (χ4v) is 5.23. The molecule has 1 aromatic carbocycles. The summed E-state index contributed by atoms with van der Waals surface area (Å²) < 4.78 is 13.1. The molecule has 37 heavy (non-hydrogen) atoms. The number of benzene rings is 1. The first-order valence-electron chi connectivity index (χ1n) is 12.0. The van der Waals surface area contributed by atoms with Crippen LogP contribution in [-0.4, -0.2) is 39.0 Å². The molecule has 0 fully saturated rings. The molecule has 0 aliphatic heterocycles. The van der Waals surface area contributed by atoms with Gasteiger partial charge in [-0.3, -0.25) is 9.36 Å². The highest BCUT2D eigenvalue weighted by atomic mass is 32.2. The van der Waals surface area contributed by atoms with Crippen LogP contribution in [0, 0.1) is 6.92 Å². The number of esters is 1. The van der Waals surface area contributed by atoms with E-state index in [-0.39, 0.29) is 29.8 Å². The molecule has 1 unspecified atom stereocenters. The molecule has 0 spiro atoms. The van der Waals surface area contributed by atoms with Crippen LogP contribution in [0.2, 0.25) is 0 Å². The average Bonchev–Trinajstić information content (AvgIpc) is 3.40. The normalized spacial score (nSPS) is 12.2. The van der Waals surface area contributed by atoms with Crippen molar-refractivity contribution >= 4 is 40.0 Å². The van der Waals surface area contributed by atoms with Crippen molar-refractivity contribution in [3.63, 3.8) is 0 Å². The smallest absolute Gasteiger partial charge is 0.341 e. The molecule has 0 saturated carbocycles. The van der Waals surface area contributed by atoms with E-state index < -0.39 is 5.97 Å². The third-order valence-electron chi connectivity index (χ3n) is 5.39. The Kier molecular flexibility index (Phi) is 9.56. The summed E-state index contributed by atoms with van der Waals surface area (Å²) in [6.45, 7) is 16.6. The molecule has 10 heteroatoms. The van der Waals surface area contributed by atoms with E-state index in [2.05, 4.69) is 55.0 Å². The van der Waals surface area contributed by atoms with E-state index in [0.29, 0.717) is 28.1 Å². The number of allylic oxidation sites excluding steroid dienone is 1. The van der Waals surface area contributed by atoms with Gasteiger partial charge in [0, 0.05) is 11.4 Å². The third kappa shape index (κ3) is 7.45. The van der Waals surface area contributed by atoms with Crippen LogP contribution in [0.4, 0.5) is 5.00 Å². The topological polar surface area (TPSA) is 95.3 Å². The Labute approximate surface area is 226 Å². The number of thiophene rings is 1. The quantitative estimate of drug-likeness (QED) is 0.176. The Hall–Kier alpha value is -3.11. The molecule has 3 rings (SSSR count). The van der Waals surface area contributed by atoms with Gasteiger partial charge in [0.25, 0.3) is 0 Å². The van der Waals surface area contributed by atoms with Gasteiger partial charge in [-0.2, -0.15) is 0 Å². The molecular formula is C27H34N4O4S2. The van der Waals surface area contributed by atoms with Crippen LogP contribution >= 0.6 is 23.1 Å². The molecule has 2 heterocycles. The number of hydrogen-bond donors (Lipinski definition) is 1. The minimum atomic E-state index is -0.452. The fourth-order valence-electron chi connectivity index (χ4n) is 3.56. The summed E-state index contributed by atoms with van der Waals surface area (Å²) in [7, 11) is 0. The Bertz CT molecular complexity index is 1240. The molecule has 0 aliphatic rings. The lowest BCUT2D eigenvalue weighted by Gasteiger charge is -2.20. The van der Waals surface area contributed by atoms with E-state index in [1.54, 1.807) is 19.1 Å². The number of nitrogens with zero attached hydrogens (tertiary/aromatic N) is 3. The van der Waals surface area contributed by atoms with Gasteiger partial charge in [0.15, 0.2) is 17.1 Å². The van der Waals surface area contributed by atoms with Crippen LogP contribution in [0.15, 0.2) is 48.1 Å². The summed E-state index contributed by atoms with van der Waals surface area (Å²) in [6, 6.07) is 9.78. The lowest BCUT2D eigenvalue weighted by molar-refractivity contribution is -0.113. The zero-order chi connectivity index (χ0) is 27.2. The number of carbonyl (C=O) groups is 2. The van der Waals surface area contributed by atoms with E-state index in [1.807, 2.05) is 30.5 Å². The highest BCUT2D eigenvalue weighted by Gasteiger charge is 2.22. The standard InChI is InChI=1S/C27H34N4O4S2/c1-8-14-31-23(18(4)35-20-12-10-19(11-13-20)27(5,6)7)29-30-26(31)36-16-22(32)28-24-21(15-17(3)37-24)25(33)34-9-2/h8,10-13,15,18H,1,9,14,16H2,2-7H3,(H,28,32). The average molecular weight is 543 g/mol. The molecule has 0 bridgehead atoms. The van der Waals surface area contributed by atoms with Crippen LogP contribution in [0.5, 0.6) is 5.75 Å². The molecule has 1 amide bonds. The molecule has 0 saturated heterocycles. The number of anilines is 1. The summed E-state index contributed by atoms with van der Waals surface area (Å²) in [6.07, 6.45) is 1.39. The Morgan fingerprint density at radius 1 is 1.24 bits per heavy atom. The van der Waals surface area contributed by atoms with E-state index in [9.17, 15) is 9.59 Å². The summed E-state index contributed by atoms with van der Waals surface area (Å²) in [5.41, 5.74) is 1.66. The number of rotatable bonds is 11. The zero-order valence-electron chi connectivity index (χ0n) is 22.2. The van der Waals surface area contributed by atoms with Crippen molar-refractivity contribution in [2.24, 2.45) is 0 Å². The second-order valence-corrected chi connectivity index (χ2v) is 11.6. The highest BCUT2D eigenvalue weighted by molar-refractivity contribution is 7.99. The number of carbonyl (C=O) groups excluding carboxylic acids is 2. The molecular weight excluding hydrogens is 508 g/mol. The van der Waals surface area contributed by atoms with Crippen molar-refractivity contribution in [3.8, 4) is 5.75 Å². The number of hydrogen-bond acceptors (Lipinski definition) is 8. The van der Waals surface area contributed by atoms with Crippen LogP contribution in [0.3, 0.4) is 0 Å². The summed E-state index contributed by atoms with van der Waals surface area (Å²) >= 11 is 2.59. The van der Waals surface area contributed by atoms with Gasteiger partial charge in [-0.05, 0) is 49.9 Å². The van der Waals surface area contributed by atoms with Crippen molar-refractivity contribution in [3.05, 3.63) is 64.8 Å². The molecule has 0 aliphatic carbocycles. The van der Waals surface area contributed by atoms with Crippen LogP contribution < -0.4 is 10.1 Å². The van der Waals surface area contributed by atoms with E-state index in [4.69, 9.17) is 9.47 Å². The van der Waals surface area contributed by atoms with Gasteiger partial charge in [-0.25, -0.2) is 4.79 Å². The molecule has 3 aromatic rings. The van der Waals surface area contributed by atoms with Gasteiger partial charge < -0.3 is 14.8 Å². The van der Waals surface area contributed by atoms with E-state index in [0.717, 1.165) is 10.6 Å². The number of aromatic nitrogens is 3. The number of amides is 1. The summed E-state index contributed by atoms with van der Waals surface area (Å²) in [4.78, 5) is 25.8. The van der Waals surface area contributed by atoms with E-state index >= 15 is 0 Å². The minimum absolute atomic E-state index is 0.0649. The SMILES string of the molecule is C=CCn1c(SCC(=O)Nc2sc(C)cc2C(=O)OCC)nnc1C(C)Oc1ccc(C(C)(C)C)cc1. The van der Waals surface area contributed by atoms with Gasteiger partial charge in [0.1, 0.15) is 10.8 Å². The van der Waals surface area contributed by atoms with Crippen molar-refractivity contribution in [1.29, 1.82) is 0 Å². The highest BCUT2D eigenvalue weighted by Crippen LogP contribution is 2.30.